The van der Waals surface area contributed by atoms with Crippen molar-refractivity contribution in [3.63, 3.8) is 0 Å². The summed E-state index contributed by atoms with van der Waals surface area (Å²) in [4.78, 5) is 24.9. The Morgan fingerprint density at radius 1 is 1.53 bits per heavy atom. The Morgan fingerprint density at radius 2 is 2.26 bits per heavy atom. The lowest BCUT2D eigenvalue weighted by Crippen LogP contribution is -2.39. The zero-order chi connectivity index (χ0) is 14.0. The molecule has 106 valence electrons. The van der Waals surface area contributed by atoms with Gasteiger partial charge in [0.05, 0.1) is 6.61 Å². The first-order chi connectivity index (χ1) is 9.12. The van der Waals surface area contributed by atoms with E-state index in [4.69, 9.17) is 13.7 Å². The number of thiol groups is 1. The maximum Gasteiger partial charge on any atom is 0.330 e. The topological polar surface area (TPSA) is 103 Å². The summed E-state index contributed by atoms with van der Waals surface area (Å²) in [5.74, 6) is 0. The number of methoxy groups -OCH3 is 1. The number of nitrogens with one attached hydrogen (secondary N) is 1. The molecule has 19 heavy (non-hydrogen) atoms. The van der Waals surface area contributed by atoms with E-state index in [0.717, 1.165) is 0 Å². The van der Waals surface area contributed by atoms with Crippen LogP contribution in [0.15, 0.2) is 21.9 Å². The normalized spacial score (nSPS) is 30.7. The number of rotatable bonds is 4. The van der Waals surface area contributed by atoms with Crippen LogP contribution in [0.5, 0.6) is 0 Å². The summed E-state index contributed by atoms with van der Waals surface area (Å²) in [5, 5.41) is 9.22. The van der Waals surface area contributed by atoms with Crippen molar-refractivity contribution in [1.82, 2.24) is 9.55 Å². The second-order valence-electron chi connectivity index (χ2n) is 4.04. The van der Waals surface area contributed by atoms with Crippen molar-refractivity contribution in [3.05, 3.63) is 33.1 Å². The van der Waals surface area contributed by atoms with Gasteiger partial charge in [0.25, 0.3) is 5.56 Å². The van der Waals surface area contributed by atoms with Gasteiger partial charge < -0.3 is 18.8 Å². The lowest BCUT2D eigenvalue weighted by atomic mass is 10.1. The highest BCUT2D eigenvalue weighted by molar-refractivity contribution is 7.75. The quantitative estimate of drug-likeness (QED) is 0.469. The van der Waals surface area contributed by atoms with E-state index >= 15 is 0 Å². The Labute approximate surface area is 113 Å². The number of hydrogen-bond acceptors (Lipinski definition) is 7. The summed E-state index contributed by atoms with van der Waals surface area (Å²) in [6, 6.07) is 1.19. The van der Waals surface area contributed by atoms with Crippen molar-refractivity contribution in [3.8, 4) is 0 Å². The molecule has 1 fully saturated rings. The Morgan fingerprint density at radius 3 is 2.79 bits per heavy atom. The molecule has 1 aliphatic rings. The average molecular weight is 290 g/mol. The van der Waals surface area contributed by atoms with Crippen LogP contribution in [0.1, 0.15) is 6.23 Å². The van der Waals surface area contributed by atoms with Gasteiger partial charge in [-0.25, -0.2) is 4.79 Å². The van der Waals surface area contributed by atoms with Crippen molar-refractivity contribution in [1.29, 1.82) is 0 Å². The molecule has 2 unspecified atom stereocenters. The lowest BCUT2D eigenvalue weighted by molar-refractivity contribution is -0.0625. The third kappa shape index (κ3) is 2.60. The standard InChI is InChI=1S/C10H14N2O6S/c1-16-8-7(18-19)5(4-13)17-9(8)12-3-2-6(14)11-10(12)15/h2-3,5,7-9,13,19H,4H2,1H3,(H,11,14,15)/t5-,7?,8?,9-/m1/s1. The van der Waals surface area contributed by atoms with E-state index in [1.807, 2.05) is 0 Å². The fourth-order valence-electron chi connectivity index (χ4n) is 2.08. The number of ether oxygens (including phenoxy) is 2. The van der Waals surface area contributed by atoms with Crippen LogP contribution in [-0.4, -0.2) is 46.7 Å². The van der Waals surface area contributed by atoms with Crippen LogP contribution in [0.2, 0.25) is 0 Å². The molecular formula is C10H14N2O6S. The molecule has 0 aromatic carbocycles. The second kappa shape index (κ2) is 5.88. The Balaban J connectivity index is 2.38. The van der Waals surface area contributed by atoms with Gasteiger partial charge in [0.2, 0.25) is 0 Å². The first-order valence-electron chi connectivity index (χ1n) is 5.53. The van der Waals surface area contributed by atoms with Crippen LogP contribution in [0.25, 0.3) is 0 Å². The molecule has 0 spiro atoms. The monoisotopic (exact) mass is 290 g/mol. The second-order valence-corrected chi connectivity index (χ2v) is 4.25. The Bertz CT molecular complexity index is 543. The molecular weight excluding hydrogens is 276 g/mol. The van der Waals surface area contributed by atoms with Gasteiger partial charge in [0.15, 0.2) is 6.23 Å². The molecule has 0 aliphatic carbocycles. The number of aromatic amines is 1. The fraction of sp³-hybridized carbons (Fsp3) is 0.600. The number of H-pyrrole nitrogens is 1. The van der Waals surface area contributed by atoms with Gasteiger partial charge in [-0.15, -0.1) is 0 Å². The number of aliphatic hydroxyl groups excluding tert-OH is 1. The van der Waals surface area contributed by atoms with Crippen molar-refractivity contribution in [2.75, 3.05) is 13.7 Å². The maximum absolute atomic E-state index is 11.7. The van der Waals surface area contributed by atoms with Gasteiger partial charge >= 0.3 is 5.69 Å². The van der Waals surface area contributed by atoms with Crippen LogP contribution < -0.4 is 11.2 Å². The molecule has 0 bridgehead atoms. The van der Waals surface area contributed by atoms with Crippen LogP contribution in [-0.2, 0) is 13.7 Å². The Kier molecular flexibility index (Phi) is 4.42. The highest BCUT2D eigenvalue weighted by Crippen LogP contribution is 2.32. The van der Waals surface area contributed by atoms with Crippen molar-refractivity contribution in [2.45, 2.75) is 24.5 Å². The minimum Gasteiger partial charge on any atom is -0.394 e. The maximum atomic E-state index is 11.7. The summed E-state index contributed by atoms with van der Waals surface area (Å²) in [6.45, 7) is -0.306. The largest absolute Gasteiger partial charge is 0.394 e. The summed E-state index contributed by atoms with van der Waals surface area (Å²) in [7, 11) is 1.43. The lowest BCUT2D eigenvalue weighted by Gasteiger charge is -2.21. The smallest absolute Gasteiger partial charge is 0.330 e. The summed E-state index contributed by atoms with van der Waals surface area (Å²) in [6.07, 6.45) is -1.47. The molecule has 2 heterocycles. The number of aromatic nitrogens is 2. The molecule has 1 aliphatic heterocycles. The SMILES string of the molecule is COC1C(OS)[C@@H](CO)O[C@H]1n1ccc(=O)[nH]c1=O. The Hall–Kier alpha value is -1.13. The molecule has 0 saturated carbocycles. The molecule has 1 aromatic heterocycles. The van der Waals surface area contributed by atoms with Crippen LogP contribution in [0, 0.1) is 0 Å². The minimum absolute atomic E-state index is 0.306. The van der Waals surface area contributed by atoms with Gasteiger partial charge in [-0.1, -0.05) is 0 Å². The zero-order valence-corrected chi connectivity index (χ0v) is 10.9. The number of nitrogens with zero attached hydrogens (tertiary/aromatic N) is 1. The predicted molar refractivity (Wildman–Crippen MR) is 67.0 cm³/mol. The van der Waals surface area contributed by atoms with Gasteiger partial charge in [-0.05, 0) is 12.9 Å². The fourth-order valence-corrected chi connectivity index (χ4v) is 2.34. The molecule has 2 rings (SSSR count). The molecule has 0 amide bonds. The minimum atomic E-state index is -0.816. The van der Waals surface area contributed by atoms with Crippen LogP contribution in [0.3, 0.4) is 0 Å². The molecule has 0 radical (unpaired) electrons. The molecule has 9 heteroatoms. The first-order valence-corrected chi connectivity index (χ1v) is 5.89. The predicted octanol–water partition coefficient (Wildman–Crippen LogP) is -1.33. The summed E-state index contributed by atoms with van der Waals surface area (Å²) in [5.41, 5.74) is -1.13. The first kappa shape index (κ1) is 14.3. The van der Waals surface area contributed by atoms with Crippen molar-refractivity contribution >= 4 is 12.9 Å². The molecule has 4 atom stereocenters. The highest BCUT2D eigenvalue weighted by Gasteiger charge is 2.46. The van der Waals surface area contributed by atoms with E-state index in [0.29, 0.717) is 0 Å². The van der Waals surface area contributed by atoms with E-state index in [1.165, 1.54) is 23.9 Å². The van der Waals surface area contributed by atoms with E-state index in [-0.39, 0.29) is 6.61 Å². The third-order valence-electron chi connectivity index (χ3n) is 2.98. The zero-order valence-electron chi connectivity index (χ0n) is 10.1. The van der Waals surface area contributed by atoms with Crippen molar-refractivity contribution < 1.29 is 18.8 Å². The molecule has 2 N–H and O–H groups in total. The number of aliphatic hydroxyl groups is 1. The summed E-state index contributed by atoms with van der Waals surface area (Å²) >= 11 is 3.72. The third-order valence-corrected chi connectivity index (χ3v) is 3.23. The van der Waals surface area contributed by atoms with Crippen molar-refractivity contribution in [2.24, 2.45) is 0 Å². The van der Waals surface area contributed by atoms with E-state index in [2.05, 4.69) is 17.9 Å². The van der Waals surface area contributed by atoms with Gasteiger partial charge in [-0.2, -0.15) is 0 Å². The summed E-state index contributed by atoms with van der Waals surface area (Å²) < 4.78 is 16.9. The van der Waals surface area contributed by atoms with Crippen LogP contribution >= 0.6 is 12.9 Å². The molecule has 8 nitrogen and oxygen atoms in total. The molecule has 1 saturated heterocycles. The highest BCUT2D eigenvalue weighted by atomic mass is 32.1. The van der Waals surface area contributed by atoms with Gasteiger partial charge in [-0.3, -0.25) is 14.3 Å². The van der Waals surface area contributed by atoms with Crippen LogP contribution in [0.4, 0.5) is 0 Å². The van der Waals surface area contributed by atoms with E-state index in [1.54, 1.807) is 0 Å². The van der Waals surface area contributed by atoms with E-state index in [9.17, 15) is 14.7 Å². The average Bonchev–Trinajstić information content (AvgIpc) is 2.76. The van der Waals surface area contributed by atoms with Gasteiger partial charge in [0, 0.05) is 19.4 Å². The number of hydrogen-bond donors (Lipinski definition) is 3. The van der Waals surface area contributed by atoms with Gasteiger partial charge in [0.1, 0.15) is 18.3 Å². The van der Waals surface area contributed by atoms with E-state index < -0.39 is 35.8 Å². The molecule has 1 aromatic rings.